The number of hydrogen-bond donors (Lipinski definition) is 2. The van der Waals surface area contributed by atoms with Crippen LogP contribution in [0.3, 0.4) is 0 Å². The first-order valence-electron chi connectivity index (χ1n) is 21.0. The van der Waals surface area contributed by atoms with Gasteiger partial charge >= 0.3 is 17.9 Å². The molecule has 0 bridgehead atoms. The molecule has 0 amide bonds. The van der Waals surface area contributed by atoms with E-state index in [9.17, 15) is 29.4 Å². The molecule has 0 spiro atoms. The lowest BCUT2D eigenvalue weighted by atomic mass is 9.80. The number of carbonyl (C=O) groups is 4. The van der Waals surface area contributed by atoms with Crippen LogP contribution in [0.5, 0.6) is 0 Å². The predicted molar refractivity (Wildman–Crippen MR) is 212 cm³/mol. The molecule has 0 aromatic rings. The molecule has 3 fully saturated rings. The molecular weight excluding hydrogens is 756 g/mol. The molecule has 0 saturated carbocycles. The van der Waals surface area contributed by atoms with E-state index in [1.165, 1.54) is 14.0 Å². The van der Waals surface area contributed by atoms with E-state index in [1.54, 1.807) is 39.8 Å². The van der Waals surface area contributed by atoms with Crippen molar-refractivity contribution in [1.29, 1.82) is 0 Å². The third kappa shape index (κ3) is 13.9. The lowest BCUT2D eigenvalue weighted by molar-refractivity contribution is -0.344. The van der Waals surface area contributed by atoms with E-state index < -0.39 is 96.9 Å². The second kappa shape index (κ2) is 22.5. The largest absolute Gasteiger partial charge is 0.463 e. The van der Waals surface area contributed by atoms with Crippen molar-refractivity contribution in [2.45, 2.75) is 192 Å². The molecule has 58 heavy (non-hydrogen) atoms. The third-order valence-electron chi connectivity index (χ3n) is 11.7. The maximum absolute atomic E-state index is 13.3. The van der Waals surface area contributed by atoms with E-state index in [0.717, 1.165) is 19.1 Å². The van der Waals surface area contributed by atoms with Crippen molar-refractivity contribution in [3.63, 3.8) is 0 Å². The number of esters is 3. The topological polar surface area (TPSA) is 189 Å². The third-order valence-corrected chi connectivity index (χ3v) is 11.7. The second-order valence-corrected chi connectivity index (χ2v) is 17.9. The Morgan fingerprint density at radius 1 is 0.966 bits per heavy atom. The monoisotopic (exact) mass is 831 g/mol. The Bertz CT molecular complexity index is 1310. The Kier molecular flexibility index (Phi) is 19.5. The fourth-order valence-electron chi connectivity index (χ4n) is 9.06. The first kappa shape index (κ1) is 50.1. The van der Waals surface area contributed by atoms with E-state index in [0.29, 0.717) is 12.8 Å². The summed E-state index contributed by atoms with van der Waals surface area (Å²) in [6, 6.07) is -0.618. The van der Waals surface area contributed by atoms with Gasteiger partial charge in [0.2, 0.25) is 0 Å². The Balaban J connectivity index is 1.98. The summed E-state index contributed by atoms with van der Waals surface area (Å²) >= 11 is 0. The predicted octanol–water partition coefficient (Wildman–Crippen LogP) is 3.25. The van der Waals surface area contributed by atoms with Gasteiger partial charge in [-0.25, -0.2) is 0 Å². The van der Waals surface area contributed by atoms with Crippen LogP contribution < -0.4 is 0 Å². The minimum atomic E-state index is -1.48. The van der Waals surface area contributed by atoms with Gasteiger partial charge in [-0.15, -0.1) is 0 Å². The van der Waals surface area contributed by atoms with Crippen molar-refractivity contribution in [3.8, 4) is 0 Å². The minimum Gasteiger partial charge on any atom is -0.463 e. The van der Waals surface area contributed by atoms with Gasteiger partial charge in [0.25, 0.3) is 0 Å². The number of aliphatic hydroxyl groups excluding tert-OH is 1. The first-order valence-corrected chi connectivity index (χ1v) is 21.0. The normalized spacial score (nSPS) is 39.8. The van der Waals surface area contributed by atoms with Gasteiger partial charge in [0.15, 0.2) is 18.7 Å². The molecule has 0 unspecified atom stereocenters. The lowest BCUT2D eigenvalue weighted by Gasteiger charge is -2.50. The molecule has 3 aliphatic rings. The summed E-state index contributed by atoms with van der Waals surface area (Å²) in [5.74, 6) is -2.01. The summed E-state index contributed by atoms with van der Waals surface area (Å²) in [5.41, 5.74) is -1.48. The molecule has 0 aromatic carbocycles. The van der Waals surface area contributed by atoms with Gasteiger partial charge in [0.1, 0.15) is 36.3 Å². The van der Waals surface area contributed by atoms with Crippen LogP contribution in [0, 0.1) is 17.8 Å². The molecule has 16 heteroatoms. The molecule has 3 aliphatic heterocycles. The summed E-state index contributed by atoms with van der Waals surface area (Å²) in [6.45, 7) is 14.1. The standard InChI is InChI=1S/C42H74N2O14/c1-23(2)19-32(47)56-40-27(6)53-34(22-42(40,8)50)57-37-26(5)54-41(36(49)35(37)44(11)12)58-38-29(17-18-45)20-24(3)30(43(9)10)16-14-15-25(4)52-33(48)21-31(39(38)51-13)55-28(7)46/h18,23-27,29-31,34-41,49-50H,14-17,19-22H2,1-13H3/t24-,25-,26-,27+,29+,30+,31-,34+,35-,36-,37-,38+,39+,40+,41+,42-/m1/s1. The summed E-state index contributed by atoms with van der Waals surface area (Å²) < 4.78 is 49.1. The number of cyclic esters (lactones) is 1. The van der Waals surface area contributed by atoms with Crippen molar-refractivity contribution >= 4 is 24.2 Å². The SMILES string of the molecule is CO[C@@H]1[C@@H](O[C@@H]2O[C@H](C)[C@@H](O[C@H]3C[C@@](C)(O)[C@@H](OC(=O)CC(C)C)[C@H](C)O3)[C@H](N(C)C)[C@H]2O)[C@@H](CC=O)C[C@@H](C)[C@@H](N(C)C)CCC[C@@H](C)OC(=O)C[C@H]1OC(C)=O. The van der Waals surface area contributed by atoms with Crippen molar-refractivity contribution < 1.29 is 67.3 Å². The number of methoxy groups -OCH3 is 1. The lowest BCUT2D eigenvalue weighted by Crippen LogP contribution is -2.66. The van der Waals surface area contributed by atoms with Crippen LogP contribution in [0.2, 0.25) is 0 Å². The highest BCUT2D eigenvalue weighted by Gasteiger charge is 2.53. The zero-order valence-corrected chi connectivity index (χ0v) is 37.2. The Morgan fingerprint density at radius 3 is 2.19 bits per heavy atom. The van der Waals surface area contributed by atoms with E-state index in [-0.39, 0.29) is 49.7 Å². The van der Waals surface area contributed by atoms with Crippen molar-refractivity contribution in [2.75, 3.05) is 35.3 Å². The average molecular weight is 831 g/mol. The van der Waals surface area contributed by atoms with Crippen LogP contribution in [0.15, 0.2) is 0 Å². The molecule has 0 aromatic heterocycles. The fourth-order valence-corrected chi connectivity index (χ4v) is 9.06. The summed E-state index contributed by atoms with van der Waals surface area (Å²) in [6.07, 6.45) is -6.81. The van der Waals surface area contributed by atoms with E-state index in [1.807, 2.05) is 34.9 Å². The first-order chi connectivity index (χ1) is 27.1. The average Bonchev–Trinajstić information content (AvgIpc) is 3.08. The maximum Gasteiger partial charge on any atom is 0.309 e. The Hall–Kier alpha value is -2.28. The van der Waals surface area contributed by atoms with E-state index in [2.05, 4.69) is 11.8 Å². The number of nitrogens with zero attached hydrogens (tertiary/aromatic N) is 2. The number of aliphatic hydroxyl groups is 2. The molecule has 0 aliphatic carbocycles. The quantitative estimate of drug-likeness (QED) is 0.156. The van der Waals surface area contributed by atoms with Gasteiger partial charge in [-0.3, -0.25) is 14.4 Å². The maximum atomic E-state index is 13.3. The zero-order chi connectivity index (χ0) is 43.6. The van der Waals surface area contributed by atoms with Crippen LogP contribution in [0.25, 0.3) is 0 Å². The van der Waals surface area contributed by atoms with Gasteiger partial charge in [0, 0.05) is 39.3 Å². The van der Waals surface area contributed by atoms with Crippen LogP contribution in [0.4, 0.5) is 0 Å². The molecule has 0 radical (unpaired) electrons. The highest BCUT2D eigenvalue weighted by molar-refractivity contribution is 5.72. The summed E-state index contributed by atoms with van der Waals surface area (Å²) in [5, 5.41) is 23.6. The van der Waals surface area contributed by atoms with Gasteiger partial charge in [0.05, 0.1) is 36.9 Å². The van der Waals surface area contributed by atoms with Crippen LogP contribution in [-0.4, -0.2) is 165 Å². The Labute approximate surface area is 345 Å². The van der Waals surface area contributed by atoms with E-state index in [4.69, 9.17) is 37.9 Å². The van der Waals surface area contributed by atoms with Gasteiger partial charge in [-0.05, 0) is 99.3 Å². The van der Waals surface area contributed by atoms with Gasteiger partial charge < -0.3 is 62.7 Å². The summed E-state index contributed by atoms with van der Waals surface area (Å²) in [7, 11) is 9.01. The molecule has 16 atom stereocenters. The zero-order valence-electron chi connectivity index (χ0n) is 37.2. The minimum absolute atomic E-state index is 0.0216. The number of aldehydes is 1. The second-order valence-electron chi connectivity index (χ2n) is 17.9. The van der Waals surface area contributed by atoms with Crippen LogP contribution in [-0.2, 0) is 57.1 Å². The molecule has 336 valence electrons. The van der Waals surface area contributed by atoms with Crippen molar-refractivity contribution in [2.24, 2.45) is 17.8 Å². The molecule has 3 heterocycles. The fraction of sp³-hybridized carbons (Fsp3) is 0.905. The molecule has 3 rings (SSSR count). The van der Waals surface area contributed by atoms with Gasteiger partial charge in [-0.1, -0.05) is 20.8 Å². The number of likely N-dealkylation sites (N-methyl/N-ethyl adjacent to an activating group) is 1. The molecule has 16 nitrogen and oxygen atoms in total. The summed E-state index contributed by atoms with van der Waals surface area (Å²) in [4.78, 5) is 54.7. The van der Waals surface area contributed by atoms with Crippen LogP contribution >= 0.6 is 0 Å². The Morgan fingerprint density at radius 2 is 1.64 bits per heavy atom. The van der Waals surface area contributed by atoms with E-state index >= 15 is 0 Å². The molecular formula is C42H74N2O14. The van der Waals surface area contributed by atoms with Crippen LogP contribution in [0.1, 0.15) is 107 Å². The smallest absolute Gasteiger partial charge is 0.309 e. The van der Waals surface area contributed by atoms with Crippen molar-refractivity contribution in [1.82, 2.24) is 9.80 Å². The number of hydrogen-bond acceptors (Lipinski definition) is 16. The molecule has 3 saturated heterocycles. The number of carbonyl (C=O) groups excluding carboxylic acids is 4. The van der Waals surface area contributed by atoms with Gasteiger partial charge in [-0.2, -0.15) is 0 Å². The van der Waals surface area contributed by atoms with Crippen molar-refractivity contribution in [3.05, 3.63) is 0 Å². The highest BCUT2D eigenvalue weighted by Crippen LogP contribution is 2.38. The number of rotatable bonds is 13. The molecule has 2 N–H and O–H groups in total. The highest BCUT2D eigenvalue weighted by atomic mass is 16.7. The number of ether oxygens (including phenoxy) is 8.